The number of imidazole rings is 3. The van der Waals surface area contributed by atoms with Crippen molar-refractivity contribution in [2.45, 2.75) is 117 Å². The molecular weight excluding hydrogens is 803 g/mol. The Hall–Kier alpha value is -5.55. The van der Waals surface area contributed by atoms with Crippen LogP contribution in [0.3, 0.4) is 0 Å². The molecule has 3 fully saturated rings. The van der Waals surface area contributed by atoms with Crippen LogP contribution in [0.25, 0.3) is 55.6 Å². The largest absolute Gasteiger partial charge is 0.464 e. The minimum absolute atomic E-state index is 0. The summed E-state index contributed by atoms with van der Waals surface area (Å²) in [6.07, 6.45) is 13.0. The number of furan rings is 1. The molecular formula is C55H65N9O. The van der Waals surface area contributed by atoms with Crippen LogP contribution in [0.1, 0.15) is 74.6 Å². The maximum Gasteiger partial charge on any atom is 0.133 e. The number of rotatable bonds is 2. The molecule has 3 atom stereocenters. The summed E-state index contributed by atoms with van der Waals surface area (Å²) in [5.41, 5.74) is 13.5. The van der Waals surface area contributed by atoms with Gasteiger partial charge in [0.2, 0.25) is 0 Å². The van der Waals surface area contributed by atoms with E-state index < -0.39 is 0 Å². The fourth-order valence-corrected chi connectivity index (χ4v) is 11.9. The van der Waals surface area contributed by atoms with Gasteiger partial charge in [0.25, 0.3) is 0 Å². The van der Waals surface area contributed by atoms with Gasteiger partial charge in [-0.3, -0.25) is 14.7 Å². The Morgan fingerprint density at radius 2 is 0.892 bits per heavy atom. The number of nitrogens with zero attached hydrogens (tertiary/aromatic N) is 9. The van der Waals surface area contributed by atoms with Gasteiger partial charge in [-0.05, 0) is 143 Å². The minimum Gasteiger partial charge on any atom is -0.464 e. The molecule has 8 aromatic rings. The molecule has 3 unspecified atom stereocenters. The first-order valence-corrected chi connectivity index (χ1v) is 24.2. The molecule has 0 saturated carbocycles. The lowest BCUT2D eigenvalue weighted by molar-refractivity contribution is 0.252. The Morgan fingerprint density at radius 1 is 0.462 bits per heavy atom. The van der Waals surface area contributed by atoms with Crippen molar-refractivity contribution >= 4 is 33.1 Å². The number of hydrogen-bond acceptors (Lipinski definition) is 7. The summed E-state index contributed by atoms with van der Waals surface area (Å²) in [5, 5.41) is 0. The third-order valence-corrected chi connectivity index (χ3v) is 15.4. The lowest BCUT2D eigenvalue weighted by atomic mass is 10.0. The molecule has 0 radical (unpaired) electrons. The molecule has 10 heteroatoms. The van der Waals surface area contributed by atoms with E-state index in [9.17, 15) is 0 Å². The van der Waals surface area contributed by atoms with E-state index in [1.54, 1.807) is 6.26 Å². The van der Waals surface area contributed by atoms with Crippen molar-refractivity contribution < 1.29 is 4.42 Å². The van der Waals surface area contributed by atoms with Gasteiger partial charge < -0.3 is 18.1 Å². The van der Waals surface area contributed by atoms with Gasteiger partial charge in [0.05, 0.1) is 39.4 Å². The summed E-state index contributed by atoms with van der Waals surface area (Å²) >= 11 is 0. The van der Waals surface area contributed by atoms with E-state index in [2.05, 4.69) is 121 Å². The highest BCUT2D eigenvalue weighted by Crippen LogP contribution is 2.32. The molecule has 3 saturated heterocycles. The van der Waals surface area contributed by atoms with E-state index >= 15 is 0 Å². The first kappa shape index (κ1) is 42.1. The van der Waals surface area contributed by atoms with Crippen molar-refractivity contribution in [1.82, 2.24) is 43.4 Å². The van der Waals surface area contributed by atoms with Crippen molar-refractivity contribution in [2.75, 3.05) is 39.3 Å². The zero-order valence-electron chi connectivity index (χ0n) is 37.6. The maximum atomic E-state index is 5.51. The van der Waals surface area contributed by atoms with Crippen LogP contribution in [0.15, 0.2) is 102 Å². The fraction of sp³-hybridized carbons (Fsp3) is 0.436. The Labute approximate surface area is 383 Å². The lowest BCUT2D eigenvalue weighted by Gasteiger charge is -2.21. The Bertz CT molecular complexity index is 2940. The maximum absolute atomic E-state index is 5.51. The van der Waals surface area contributed by atoms with Gasteiger partial charge in [-0.25, -0.2) is 15.0 Å². The first-order chi connectivity index (χ1) is 31.5. The SMILES string of the molecule is C.Cc1ccc(-c2ccc3c(c2)nc2n3CC3CCCN3CC2)cc1.Cc1ccc2c(c1)nc1n2CC2CCCN2CC1.c1coc(-c2ccc3c(c2)nc2n3CC3CCCN3CC2)c1. The zero-order valence-corrected chi connectivity index (χ0v) is 37.6. The monoisotopic (exact) mass is 868 g/mol. The van der Waals surface area contributed by atoms with Gasteiger partial charge in [-0.1, -0.05) is 49.4 Å². The van der Waals surface area contributed by atoms with Gasteiger partial charge in [0.15, 0.2) is 0 Å². The lowest BCUT2D eigenvalue weighted by Crippen LogP contribution is -2.31. The van der Waals surface area contributed by atoms with E-state index in [-0.39, 0.29) is 7.43 Å². The van der Waals surface area contributed by atoms with Gasteiger partial charge in [-0.15, -0.1) is 0 Å². The molecule has 6 aliphatic heterocycles. The molecule has 0 spiro atoms. The second-order valence-electron chi connectivity index (χ2n) is 19.4. The van der Waals surface area contributed by atoms with Crippen LogP contribution in [0.2, 0.25) is 0 Å². The summed E-state index contributed by atoms with van der Waals surface area (Å²) in [6, 6.07) is 34.8. The highest BCUT2D eigenvalue weighted by molar-refractivity contribution is 5.83. The number of aryl methyl sites for hydroxylation is 2. The van der Waals surface area contributed by atoms with Crippen molar-refractivity contribution in [2.24, 2.45) is 0 Å². The molecule has 4 aromatic carbocycles. The van der Waals surface area contributed by atoms with Crippen LogP contribution >= 0.6 is 0 Å². The number of fused-ring (bicyclic) bond motifs is 12. The summed E-state index contributed by atoms with van der Waals surface area (Å²) < 4.78 is 12.9. The highest BCUT2D eigenvalue weighted by Gasteiger charge is 2.32. The third kappa shape index (κ3) is 8.12. The summed E-state index contributed by atoms with van der Waals surface area (Å²) in [5.74, 6) is 4.69. The smallest absolute Gasteiger partial charge is 0.133 e. The van der Waals surface area contributed by atoms with Crippen LogP contribution in [0.4, 0.5) is 0 Å². The number of aromatic nitrogens is 6. The van der Waals surface area contributed by atoms with E-state index in [1.165, 1.54) is 133 Å². The van der Waals surface area contributed by atoms with Crippen LogP contribution in [0.5, 0.6) is 0 Å². The van der Waals surface area contributed by atoms with Crippen molar-refractivity contribution in [3.8, 4) is 22.5 Å². The summed E-state index contributed by atoms with van der Waals surface area (Å²) in [7, 11) is 0. The minimum atomic E-state index is 0. The van der Waals surface area contributed by atoms with Crippen LogP contribution in [-0.2, 0) is 38.9 Å². The standard InChI is InChI=1S/C21H23N3.C18H19N3O.C15H19N3.CH4/c1-15-4-6-16(7-5-15)17-8-9-20-19(13-17)22-21-10-12-23-11-2-3-18(23)14-24(20)21;1-3-14-12-21-16-6-5-13(17-4-2-10-22-17)11-15(16)19-18(21)7-9-20(14)8-1;1-11-4-5-14-13(9-11)16-15-6-8-17-7-2-3-12(17)10-18(14)15;/h4-9,13,18H,2-3,10-12,14H2,1H3;2,4-6,10-11,14H,1,3,7-9,12H2;4-5,9,12H,2-3,6-8,10H2,1H3;1H4. The van der Waals surface area contributed by atoms with Gasteiger partial charge in [0, 0.05) is 82.2 Å². The quantitative estimate of drug-likeness (QED) is 0.171. The van der Waals surface area contributed by atoms with E-state index in [1.807, 2.05) is 12.1 Å². The second-order valence-corrected chi connectivity index (χ2v) is 19.4. The average molecular weight is 868 g/mol. The molecule has 0 bridgehead atoms. The first-order valence-electron chi connectivity index (χ1n) is 24.2. The fourth-order valence-electron chi connectivity index (χ4n) is 11.9. The van der Waals surface area contributed by atoms with Crippen molar-refractivity contribution in [1.29, 1.82) is 0 Å². The van der Waals surface area contributed by atoms with E-state index in [0.717, 1.165) is 73.8 Å². The summed E-state index contributed by atoms with van der Waals surface area (Å²) in [6.45, 7) is 14.9. The molecule has 6 aliphatic rings. The van der Waals surface area contributed by atoms with Crippen LogP contribution < -0.4 is 0 Å². The Kier molecular flexibility index (Phi) is 11.5. The molecule has 10 heterocycles. The topological polar surface area (TPSA) is 76.3 Å². The predicted octanol–water partition coefficient (Wildman–Crippen LogP) is 10.4. The van der Waals surface area contributed by atoms with Crippen molar-refractivity contribution in [3.05, 3.63) is 126 Å². The van der Waals surface area contributed by atoms with Gasteiger partial charge >= 0.3 is 0 Å². The normalized spacial score (nSPS) is 21.7. The molecule has 65 heavy (non-hydrogen) atoms. The Balaban J connectivity index is 0.000000108. The highest BCUT2D eigenvalue weighted by atomic mass is 16.3. The second kappa shape index (κ2) is 17.7. The molecule has 14 rings (SSSR count). The number of benzene rings is 4. The molecule has 0 aliphatic carbocycles. The third-order valence-electron chi connectivity index (χ3n) is 15.4. The molecule has 336 valence electrons. The Morgan fingerprint density at radius 3 is 1.38 bits per heavy atom. The van der Waals surface area contributed by atoms with Crippen LogP contribution in [-0.4, -0.2) is 101 Å². The van der Waals surface area contributed by atoms with Crippen LogP contribution in [0, 0.1) is 13.8 Å². The summed E-state index contributed by atoms with van der Waals surface area (Å²) in [4.78, 5) is 22.7. The van der Waals surface area contributed by atoms with E-state index in [4.69, 9.17) is 19.4 Å². The average Bonchev–Trinajstić information content (AvgIpc) is 4.20. The zero-order chi connectivity index (χ0) is 42.7. The van der Waals surface area contributed by atoms with Gasteiger partial charge in [-0.2, -0.15) is 0 Å². The molecule has 10 nitrogen and oxygen atoms in total. The number of hydrogen-bond donors (Lipinski definition) is 0. The van der Waals surface area contributed by atoms with E-state index in [0.29, 0.717) is 12.1 Å². The molecule has 0 amide bonds. The molecule has 0 N–H and O–H groups in total. The predicted molar refractivity (Wildman–Crippen MR) is 263 cm³/mol. The molecule has 4 aromatic heterocycles. The van der Waals surface area contributed by atoms with Gasteiger partial charge in [0.1, 0.15) is 23.2 Å². The van der Waals surface area contributed by atoms with Crippen molar-refractivity contribution in [3.63, 3.8) is 0 Å².